The molecule has 226 valence electrons. The highest BCUT2D eigenvalue weighted by Gasteiger charge is 2.26. The Bertz CT molecular complexity index is 1500. The Kier molecular flexibility index (Phi) is 10.2. The summed E-state index contributed by atoms with van der Waals surface area (Å²) < 4.78 is 12.8. The first-order valence-electron chi connectivity index (χ1n) is 14.6. The first-order valence-corrected chi connectivity index (χ1v) is 14.6. The number of nitrogens with one attached hydrogen (secondary N) is 2. The third-order valence-electron chi connectivity index (χ3n) is 7.22. The van der Waals surface area contributed by atoms with E-state index >= 15 is 0 Å². The SMILES string of the molecule is COCCOc1ccc(Nc2nc(NCc3ccccc3)c3ncn(C4CCCN(C(=O)C=CCN(C)C)C4)c3n2)cc1. The van der Waals surface area contributed by atoms with Gasteiger partial charge in [-0.1, -0.05) is 36.4 Å². The van der Waals surface area contributed by atoms with E-state index in [1.54, 1.807) is 13.2 Å². The number of rotatable bonds is 13. The summed E-state index contributed by atoms with van der Waals surface area (Å²) in [6.45, 7) is 3.67. The third kappa shape index (κ3) is 8.08. The number of hydrogen-bond acceptors (Lipinski definition) is 9. The van der Waals surface area contributed by atoms with Gasteiger partial charge in [0.05, 0.1) is 19.0 Å². The maximum Gasteiger partial charge on any atom is 0.246 e. The number of imidazole rings is 1. The minimum absolute atomic E-state index is 0.0350. The van der Waals surface area contributed by atoms with E-state index in [1.807, 2.05) is 78.8 Å². The van der Waals surface area contributed by atoms with E-state index in [1.165, 1.54) is 0 Å². The molecule has 2 N–H and O–H groups in total. The molecular formula is C32H40N8O3. The minimum atomic E-state index is 0.0350. The van der Waals surface area contributed by atoms with Crippen molar-refractivity contribution in [2.45, 2.75) is 25.4 Å². The maximum atomic E-state index is 12.9. The molecule has 2 aromatic carbocycles. The Hall–Kier alpha value is -4.48. The lowest BCUT2D eigenvalue weighted by Gasteiger charge is -2.33. The molecule has 1 saturated heterocycles. The number of piperidine rings is 1. The second-order valence-corrected chi connectivity index (χ2v) is 10.8. The van der Waals surface area contributed by atoms with Crippen molar-refractivity contribution in [1.82, 2.24) is 29.3 Å². The summed E-state index contributed by atoms with van der Waals surface area (Å²) in [5.41, 5.74) is 3.38. The number of likely N-dealkylation sites (N-methyl/N-ethyl adjacent to an activating group) is 1. The molecule has 2 aromatic heterocycles. The van der Waals surface area contributed by atoms with Crippen LogP contribution in [0.15, 0.2) is 73.1 Å². The van der Waals surface area contributed by atoms with Gasteiger partial charge in [-0.2, -0.15) is 9.97 Å². The molecule has 43 heavy (non-hydrogen) atoms. The van der Waals surface area contributed by atoms with Gasteiger partial charge in [0.25, 0.3) is 0 Å². The van der Waals surface area contributed by atoms with Crippen molar-refractivity contribution >= 4 is 34.5 Å². The van der Waals surface area contributed by atoms with Crippen molar-refractivity contribution in [3.63, 3.8) is 0 Å². The molecule has 3 heterocycles. The van der Waals surface area contributed by atoms with Crippen molar-refractivity contribution in [3.05, 3.63) is 78.6 Å². The fraction of sp³-hybridized carbons (Fsp3) is 0.375. The second-order valence-electron chi connectivity index (χ2n) is 10.8. The van der Waals surface area contributed by atoms with Gasteiger partial charge in [-0.3, -0.25) is 4.79 Å². The van der Waals surface area contributed by atoms with Crippen molar-refractivity contribution in [1.29, 1.82) is 0 Å². The number of carbonyl (C=O) groups is 1. The summed E-state index contributed by atoms with van der Waals surface area (Å²) in [7, 11) is 5.62. The minimum Gasteiger partial charge on any atom is -0.491 e. The molecule has 1 aliphatic heterocycles. The number of nitrogens with zero attached hydrogens (tertiary/aromatic N) is 6. The standard InChI is InChI=1S/C32H40N8O3/c1-38(2)17-8-12-28(41)39-18-7-11-26(22-39)40-23-34-29-30(33-21-24-9-5-4-6-10-24)36-32(37-31(29)40)35-25-13-15-27(16-14-25)43-20-19-42-3/h4-6,8-10,12-16,23,26H,7,11,17-22H2,1-3H3,(H2,33,35,36,37). The van der Waals surface area contributed by atoms with Gasteiger partial charge in [-0.05, 0) is 56.8 Å². The van der Waals surface area contributed by atoms with Crippen LogP contribution in [0.5, 0.6) is 5.75 Å². The molecule has 1 unspecified atom stereocenters. The van der Waals surface area contributed by atoms with Crippen molar-refractivity contribution in [3.8, 4) is 5.75 Å². The molecule has 1 fully saturated rings. The lowest BCUT2D eigenvalue weighted by atomic mass is 10.1. The molecule has 1 amide bonds. The summed E-state index contributed by atoms with van der Waals surface area (Å²) in [5, 5.41) is 6.81. The summed E-state index contributed by atoms with van der Waals surface area (Å²) in [5.74, 6) is 1.89. The fourth-order valence-electron chi connectivity index (χ4n) is 5.00. The van der Waals surface area contributed by atoms with Crippen LogP contribution >= 0.6 is 0 Å². The molecule has 0 aliphatic carbocycles. The van der Waals surface area contributed by atoms with Crippen LogP contribution in [0.1, 0.15) is 24.4 Å². The van der Waals surface area contributed by atoms with Gasteiger partial charge in [0.2, 0.25) is 11.9 Å². The first kappa shape index (κ1) is 30.0. The highest BCUT2D eigenvalue weighted by Crippen LogP contribution is 2.29. The smallest absolute Gasteiger partial charge is 0.246 e. The highest BCUT2D eigenvalue weighted by atomic mass is 16.5. The maximum absolute atomic E-state index is 12.9. The van der Waals surface area contributed by atoms with Crippen LogP contribution in [-0.2, 0) is 16.1 Å². The van der Waals surface area contributed by atoms with Gasteiger partial charge >= 0.3 is 0 Å². The predicted molar refractivity (Wildman–Crippen MR) is 169 cm³/mol. The molecule has 1 aliphatic rings. The summed E-state index contributed by atoms with van der Waals surface area (Å²) in [6.07, 6.45) is 7.25. The Morgan fingerprint density at radius 3 is 2.67 bits per heavy atom. The van der Waals surface area contributed by atoms with Crippen LogP contribution in [0.3, 0.4) is 0 Å². The monoisotopic (exact) mass is 584 g/mol. The van der Waals surface area contributed by atoms with E-state index in [4.69, 9.17) is 24.4 Å². The molecule has 1 atom stereocenters. The van der Waals surface area contributed by atoms with E-state index in [0.717, 1.165) is 48.6 Å². The van der Waals surface area contributed by atoms with Crippen molar-refractivity contribution in [2.75, 3.05) is 64.7 Å². The molecule has 5 rings (SSSR count). The quantitative estimate of drug-likeness (QED) is 0.174. The number of carbonyl (C=O) groups excluding carboxylic acids is 1. The lowest BCUT2D eigenvalue weighted by Crippen LogP contribution is -2.39. The molecule has 0 spiro atoms. The van der Waals surface area contributed by atoms with Gasteiger partial charge in [0.1, 0.15) is 12.4 Å². The zero-order valence-corrected chi connectivity index (χ0v) is 25.1. The number of likely N-dealkylation sites (tertiary alicyclic amines) is 1. The Morgan fingerprint density at radius 1 is 1.09 bits per heavy atom. The van der Waals surface area contributed by atoms with Crippen LogP contribution in [0.4, 0.5) is 17.5 Å². The Balaban J connectivity index is 1.40. The van der Waals surface area contributed by atoms with E-state index in [9.17, 15) is 4.79 Å². The zero-order valence-electron chi connectivity index (χ0n) is 25.1. The normalized spacial score (nSPS) is 15.3. The highest BCUT2D eigenvalue weighted by molar-refractivity contribution is 5.88. The number of fused-ring (bicyclic) bond motifs is 1. The first-order chi connectivity index (χ1) is 21.0. The molecule has 4 aromatic rings. The molecule has 0 bridgehead atoms. The average Bonchev–Trinajstić information content (AvgIpc) is 3.45. The predicted octanol–water partition coefficient (Wildman–Crippen LogP) is 4.49. The summed E-state index contributed by atoms with van der Waals surface area (Å²) in [4.78, 5) is 31.3. The summed E-state index contributed by atoms with van der Waals surface area (Å²) >= 11 is 0. The molecule has 11 nitrogen and oxygen atoms in total. The number of ether oxygens (including phenoxy) is 2. The van der Waals surface area contributed by atoms with Crippen LogP contribution < -0.4 is 15.4 Å². The average molecular weight is 585 g/mol. The van der Waals surface area contributed by atoms with Crippen molar-refractivity contribution in [2.24, 2.45) is 0 Å². The summed E-state index contributed by atoms with van der Waals surface area (Å²) in [6, 6.07) is 17.9. The topological polar surface area (TPSA) is 110 Å². The number of amides is 1. The van der Waals surface area contributed by atoms with Gasteiger partial charge in [-0.25, -0.2) is 4.98 Å². The van der Waals surface area contributed by atoms with Crippen LogP contribution in [0.2, 0.25) is 0 Å². The Morgan fingerprint density at radius 2 is 1.91 bits per heavy atom. The number of anilines is 3. The lowest BCUT2D eigenvalue weighted by molar-refractivity contribution is -0.127. The van der Waals surface area contributed by atoms with Crippen LogP contribution in [0.25, 0.3) is 11.2 Å². The fourth-order valence-corrected chi connectivity index (χ4v) is 5.00. The zero-order chi connectivity index (χ0) is 30.0. The van der Waals surface area contributed by atoms with E-state index in [-0.39, 0.29) is 11.9 Å². The van der Waals surface area contributed by atoms with E-state index in [0.29, 0.717) is 43.6 Å². The van der Waals surface area contributed by atoms with E-state index < -0.39 is 0 Å². The number of methoxy groups -OCH3 is 1. The van der Waals surface area contributed by atoms with Crippen molar-refractivity contribution < 1.29 is 14.3 Å². The largest absolute Gasteiger partial charge is 0.491 e. The third-order valence-corrected chi connectivity index (χ3v) is 7.22. The van der Waals surface area contributed by atoms with Gasteiger partial charge in [0.15, 0.2) is 17.0 Å². The molecule has 11 heteroatoms. The van der Waals surface area contributed by atoms with Crippen LogP contribution in [0, 0.1) is 0 Å². The van der Waals surface area contributed by atoms with Gasteiger partial charge < -0.3 is 34.5 Å². The number of hydrogen-bond donors (Lipinski definition) is 2. The van der Waals surface area contributed by atoms with Crippen LogP contribution in [-0.4, -0.2) is 89.3 Å². The molecule has 0 saturated carbocycles. The van der Waals surface area contributed by atoms with Gasteiger partial charge in [0, 0.05) is 45.1 Å². The second kappa shape index (κ2) is 14.6. The molecule has 0 radical (unpaired) electrons. The van der Waals surface area contributed by atoms with E-state index in [2.05, 4.69) is 27.3 Å². The molecular weight excluding hydrogens is 544 g/mol. The number of benzene rings is 2. The number of aromatic nitrogens is 4. The Labute approximate surface area is 252 Å². The van der Waals surface area contributed by atoms with Gasteiger partial charge in [-0.15, -0.1) is 0 Å².